The third-order valence-electron chi connectivity index (χ3n) is 5.47. The SMILES string of the molecule is O=C(O)C1CCCC1CC1CC2CCC1C2. The van der Waals surface area contributed by atoms with Crippen molar-refractivity contribution < 1.29 is 9.90 Å². The number of carboxylic acid groups (broad SMARTS) is 1. The lowest BCUT2D eigenvalue weighted by Crippen LogP contribution is -2.22. The van der Waals surface area contributed by atoms with Crippen molar-refractivity contribution in [1.29, 1.82) is 0 Å². The molecule has 0 spiro atoms. The van der Waals surface area contributed by atoms with Gasteiger partial charge in [0.25, 0.3) is 0 Å². The molecule has 0 radical (unpaired) electrons. The van der Waals surface area contributed by atoms with Crippen LogP contribution < -0.4 is 0 Å². The van der Waals surface area contributed by atoms with E-state index < -0.39 is 5.97 Å². The Kier molecular flexibility index (Phi) is 2.68. The Morgan fingerprint density at radius 3 is 2.56 bits per heavy atom. The van der Waals surface area contributed by atoms with E-state index in [0.717, 1.165) is 30.6 Å². The molecule has 90 valence electrons. The molecule has 16 heavy (non-hydrogen) atoms. The van der Waals surface area contributed by atoms with Gasteiger partial charge in [-0.25, -0.2) is 0 Å². The van der Waals surface area contributed by atoms with Gasteiger partial charge in [-0.3, -0.25) is 4.79 Å². The molecule has 3 aliphatic carbocycles. The van der Waals surface area contributed by atoms with E-state index in [1.54, 1.807) is 0 Å². The van der Waals surface area contributed by atoms with E-state index in [1.807, 2.05) is 0 Å². The highest BCUT2D eigenvalue weighted by Gasteiger charge is 2.42. The van der Waals surface area contributed by atoms with E-state index >= 15 is 0 Å². The van der Waals surface area contributed by atoms with Crippen LogP contribution >= 0.6 is 0 Å². The predicted octanol–water partition coefficient (Wildman–Crippen LogP) is 3.31. The van der Waals surface area contributed by atoms with Crippen molar-refractivity contribution in [1.82, 2.24) is 0 Å². The summed E-state index contributed by atoms with van der Waals surface area (Å²) >= 11 is 0. The van der Waals surface area contributed by atoms with Crippen molar-refractivity contribution in [3.05, 3.63) is 0 Å². The highest BCUT2D eigenvalue weighted by Crippen LogP contribution is 2.52. The zero-order chi connectivity index (χ0) is 11.1. The topological polar surface area (TPSA) is 37.3 Å². The second-order valence-electron chi connectivity index (χ2n) is 6.31. The van der Waals surface area contributed by atoms with E-state index in [-0.39, 0.29) is 5.92 Å². The van der Waals surface area contributed by atoms with Crippen molar-refractivity contribution >= 4 is 5.97 Å². The minimum absolute atomic E-state index is 0.0147. The van der Waals surface area contributed by atoms with Crippen LogP contribution in [0, 0.1) is 29.6 Å². The molecule has 3 rings (SSSR count). The van der Waals surface area contributed by atoms with Crippen LogP contribution in [-0.2, 0) is 4.79 Å². The molecule has 0 saturated heterocycles. The molecule has 0 heterocycles. The summed E-state index contributed by atoms with van der Waals surface area (Å²) in [4.78, 5) is 11.1. The lowest BCUT2D eigenvalue weighted by atomic mass is 9.79. The Labute approximate surface area is 97.4 Å². The summed E-state index contributed by atoms with van der Waals surface area (Å²) in [5.74, 6) is 2.79. The minimum atomic E-state index is -0.536. The van der Waals surface area contributed by atoms with E-state index in [1.165, 1.54) is 38.5 Å². The fourth-order valence-electron chi connectivity index (χ4n) is 4.70. The average Bonchev–Trinajstić information content (AvgIpc) is 2.91. The second kappa shape index (κ2) is 4.05. The highest BCUT2D eigenvalue weighted by atomic mass is 16.4. The summed E-state index contributed by atoms with van der Waals surface area (Å²) in [6.07, 6.45) is 10.2. The number of hydrogen-bond donors (Lipinski definition) is 1. The van der Waals surface area contributed by atoms with Gasteiger partial charge in [0.15, 0.2) is 0 Å². The lowest BCUT2D eigenvalue weighted by molar-refractivity contribution is -0.143. The first kappa shape index (κ1) is 10.6. The van der Waals surface area contributed by atoms with Gasteiger partial charge < -0.3 is 5.11 Å². The molecule has 0 aromatic rings. The average molecular weight is 222 g/mol. The first-order valence-corrected chi connectivity index (χ1v) is 6.97. The zero-order valence-corrected chi connectivity index (χ0v) is 9.90. The number of carbonyl (C=O) groups is 1. The molecule has 5 atom stereocenters. The zero-order valence-electron chi connectivity index (χ0n) is 9.90. The van der Waals surface area contributed by atoms with Crippen molar-refractivity contribution in [2.45, 2.75) is 51.4 Å². The fourth-order valence-corrected chi connectivity index (χ4v) is 4.70. The minimum Gasteiger partial charge on any atom is -0.481 e. The molecular formula is C14H22O2. The monoisotopic (exact) mass is 222 g/mol. The first-order chi connectivity index (χ1) is 7.74. The second-order valence-corrected chi connectivity index (χ2v) is 6.31. The smallest absolute Gasteiger partial charge is 0.306 e. The lowest BCUT2D eigenvalue weighted by Gasteiger charge is -2.26. The standard InChI is InChI=1S/C14H22O2/c15-14(16)13-3-1-2-11(13)8-12-7-9-4-5-10(12)6-9/h9-13H,1-8H2,(H,15,16). The fraction of sp³-hybridized carbons (Fsp3) is 0.929. The van der Waals surface area contributed by atoms with Gasteiger partial charge in [-0.2, -0.15) is 0 Å². The molecule has 0 aromatic heterocycles. The predicted molar refractivity (Wildman–Crippen MR) is 62.0 cm³/mol. The van der Waals surface area contributed by atoms with E-state index in [0.29, 0.717) is 5.92 Å². The van der Waals surface area contributed by atoms with Crippen LogP contribution in [0.1, 0.15) is 51.4 Å². The Balaban J connectivity index is 1.60. The van der Waals surface area contributed by atoms with Crippen molar-refractivity contribution in [3.63, 3.8) is 0 Å². The third kappa shape index (κ3) is 1.76. The third-order valence-corrected chi connectivity index (χ3v) is 5.47. The van der Waals surface area contributed by atoms with Gasteiger partial charge in [0, 0.05) is 0 Å². The molecule has 5 unspecified atom stereocenters. The summed E-state index contributed by atoms with van der Waals surface area (Å²) in [6.45, 7) is 0. The normalized spacial score (nSPS) is 46.4. The van der Waals surface area contributed by atoms with E-state index in [2.05, 4.69) is 0 Å². The molecule has 0 aromatic carbocycles. The molecule has 0 aliphatic heterocycles. The molecule has 1 N–H and O–H groups in total. The summed E-state index contributed by atoms with van der Waals surface area (Å²) in [7, 11) is 0. The van der Waals surface area contributed by atoms with Gasteiger partial charge in [0.05, 0.1) is 5.92 Å². The van der Waals surface area contributed by atoms with Gasteiger partial charge in [0.2, 0.25) is 0 Å². The van der Waals surface area contributed by atoms with Crippen molar-refractivity contribution in [3.8, 4) is 0 Å². The largest absolute Gasteiger partial charge is 0.481 e. The molecule has 2 nitrogen and oxygen atoms in total. The van der Waals surface area contributed by atoms with Crippen LogP contribution in [0.5, 0.6) is 0 Å². The highest BCUT2D eigenvalue weighted by molar-refractivity contribution is 5.70. The van der Waals surface area contributed by atoms with Crippen LogP contribution in [0.4, 0.5) is 0 Å². The van der Waals surface area contributed by atoms with Gasteiger partial charge in [-0.1, -0.05) is 12.8 Å². The van der Waals surface area contributed by atoms with Crippen molar-refractivity contribution in [2.24, 2.45) is 29.6 Å². The first-order valence-electron chi connectivity index (χ1n) is 6.97. The maximum atomic E-state index is 11.1. The Bertz CT molecular complexity index is 286. The van der Waals surface area contributed by atoms with Crippen LogP contribution in [-0.4, -0.2) is 11.1 Å². The van der Waals surface area contributed by atoms with Crippen LogP contribution in [0.15, 0.2) is 0 Å². The molecular weight excluding hydrogens is 200 g/mol. The van der Waals surface area contributed by atoms with Gasteiger partial charge in [-0.15, -0.1) is 0 Å². The quantitative estimate of drug-likeness (QED) is 0.795. The van der Waals surface area contributed by atoms with Crippen LogP contribution in [0.2, 0.25) is 0 Å². The molecule has 3 fully saturated rings. The summed E-state index contributed by atoms with van der Waals surface area (Å²) < 4.78 is 0. The number of aliphatic carboxylic acids is 1. The van der Waals surface area contributed by atoms with E-state index in [9.17, 15) is 9.90 Å². The number of carboxylic acids is 1. The van der Waals surface area contributed by atoms with Crippen molar-refractivity contribution in [2.75, 3.05) is 0 Å². The number of hydrogen-bond acceptors (Lipinski definition) is 1. The van der Waals surface area contributed by atoms with Gasteiger partial charge in [-0.05, 0) is 62.2 Å². The Morgan fingerprint density at radius 2 is 1.94 bits per heavy atom. The Hall–Kier alpha value is -0.530. The van der Waals surface area contributed by atoms with Crippen LogP contribution in [0.3, 0.4) is 0 Å². The molecule has 2 bridgehead atoms. The number of fused-ring (bicyclic) bond motifs is 2. The maximum Gasteiger partial charge on any atom is 0.306 e. The summed E-state index contributed by atoms with van der Waals surface area (Å²) in [5.41, 5.74) is 0. The van der Waals surface area contributed by atoms with E-state index in [4.69, 9.17) is 0 Å². The molecule has 0 amide bonds. The molecule has 2 heteroatoms. The molecule has 3 aliphatic rings. The van der Waals surface area contributed by atoms with Gasteiger partial charge in [0.1, 0.15) is 0 Å². The summed E-state index contributed by atoms with van der Waals surface area (Å²) in [6, 6.07) is 0. The molecule has 3 saturated carbocycles. The summed E-state index contributed by atoms with van der Waals surface area (Å²) in [5, 5.41) is 9.19. The van der Waals surface area contributed by atoms with Crippen LogP contribution in [0.25, 0.3) is 0 Å². The van der Waals surface area contributed by atoms with Gasteiger partial charge >= 0.3 is 5.97 Å². The number of rotatable bonds is 3. The Morgan fingerprint density at radius 1 is 1.06 bits per heavy atom. The maximum absolute atomic E-state index is 11.1.